The van der Waals surface area contributed by atoms with Gasteiger partial charge in [-0.05, 0) is 19.4 Å². The van der Waals surface area contributed by atoms with Crippen LogP contribution >= 0.6 is 0 Å². The highest BCUT2D eigenvalue weighted by Gasteiger charge is 2.06. The van der Waals surface area contributed by atoms with Crippen molar-refractivity contribution in [2.24, 2.45) is 0 Å². The predicted octanol–water partition coefficient (Wildman–Crippen LogP) is 3.15. The molecule has 0 aliphatic heterocycles. The summed E-state index contributed by atoms with van der Waals surface area (Å²) in [5.41, 5.74) is 4.12. The molecule has 1 N–H and O–H groups in total. The van der Waals surface area contributed by atoms with E-state index in [0.717, 1.165) is 42.3 Å². The van der Waals surface area contributed by atoms with Crippen molar-refractivity contribution in [1.82, 2.24) is 14.6 Å². The standard InChI is InChI=1S/C17H20N4O/c1-13-4-6-14(7-5-13)15-12-17-19-16(8-10-21(17)20-15)18-9-3-11-22-2/h4-8,10,12H,3,9,11H2,1-2H3,(H,18,19). The van der Waals surface area contributed by atoms with E-state index in [4.69, 9.17) is 4.74 Å². The smallest absolute Gasteiger partial charge is 0.157 e. The Labute approximate surface area is 130 Å². The van der Waals surface area contributed by atoms with E-state index < -0.39 is 0 Å². The van der Waals surface area contributed by atoms with E-state index in [9.17, 15) is 0 Å². The highest BCUT2D eigenvalue weighted by atomic mass is 16.5. The van der Waals surface area contributed by atoms with Crippen LogP contribution in [0.3, 0.4) is 0 Å². The second-order valence-electron chi connectivity index (χ2n) is 5.28. The molecule has 0 aliphatic carbocycles. The third-order valence-corrected chi connectivity index (χ3v) is 3.50. The van der Waals surface area contributed by atoms with Crippen molar-refractivity contribution in [2.45, 2.75) is 13.3 Å². The summed E-state index contributed by atoms with van der Waals surface area (Å²) in [6, 6.07) is 12.3. The average Bonchev–Trinajstić information content (AvgIpc) is 2.95. The summed E-state index contributed by atoms with van der Waals surface area (Å²) in [5, 5.41) is 7.87. The lowest BCUT2D eigenvalue weighted by atomic mass is 10.1. The molecule has 5 heteroatoms. The molecular formula is C17H20N4O. The van der Waals surface area contributed by atoms with E-state index >= 15 is 0 Å². The number of benzene rings is 1. The lowest BCUT2D eigenvalue weighted by Gasteiger charge is -2.04. The normalized spacial score (nSPS) is 11.0. The third-order valence-electron chi connectivity index (χ3n) is 3.50. The lowest BCUT2D eigenvalue weighted by Crippen LogP contribution is -2.06. The highest BCUT2D eigenvalue weighted by Crippen LogP contribution is 2.20. The van der Waals surface area contributed by atoms with Crippen LogP contribution in [0.25, 0.3) is 16.9 Å². The number of methoxy groups -OCH3 is 1. The van der Waals surface area contributed by atoms with Crippen LogP contribution in [-0.4, -0.2) is 34.9 Å². The average molecular weight is 296 g/mol. The number of nitrogens with one attached hydrogen (secondary N) is 1. The van der Waals surface area contributed by atoms with Crippen molar-refractivity contribution in [3.05, 3.63) is 48.2 Å². The van der Waals surface area contributed by atoms with Gasteiger partial charge >= 0.3 is 0 Å². The van der Waals surface area contributed by atoms with Gasteiger partial charge in [-0.25, -0.2) is 9.50 Å². The first kappa shape index (κ1) is 14.5. The number of fused-ring (bicyclic) bond motifs is 1. The maximum atomic E-state index is 5.04. The second-order valence-corrected chi connectivity index (χ2v) is 5.28. The predicted molar refractivity (Wildman–Crippen MR) is 88.1 cm³/mol. The summed E-state index contributed by atoms with van der Waals surface area (Å²) in [7, 11) is 1.71. The Balaban J connectivity index is 1.79. The third kappa shape index (κ3) is 3.26. The fourth-order valence-corrected chi connectivity index (χ4v) is 2.28. The first-order valence-electron chi connectivity index (χ1n) is 7.42. The number of rotatable bonds is 6. The minimum atomic E-state index is 0.750. The van der Waals surface area contributed by atoms with E-state index in [1.807, 2.05) is 18.3 Å². The number of hydrogen-bond donors (Lipinski definition) is 1. The summed E-state index contributed by atoms with van der Waals surface area (Å²) in [5.74, 6) is 0.860. The minimum absolute atomic E-state index is 0.750. The van der Waals surface area contributed by atoms with Crippen molar-refractivity contribution in [3.63, 3.8) is 0 Å². The zero-order valence-electron chi connectivity index (χ0n) is 12.9. The van der Waals surface area contributed by atoms with Crippen molar-refractivity contribution in [2.75, 3.05) is 25.6 Å². The minimum Gasteiger partial charge on any atom is -0.385 e. The zero-order chi connectivity index (χ0) is 15.4. The summed E-state index contributed by atoms with van der Waals surface area (Å²) >= 11 is 0. The quantitative estimate of drug-likeness (QED) is 0.710. The summed E-state index contributed by atoms with van der Waals surface area (Å²) in [4.78, 5) is 4.59. The molecule has 2 heterocycles. The van der Waals surface area contributed by atoms with Gasteiger partial charge in [-0.15, -0.1) is 0 Å². The van der Waals surface area contributed by atoms with Gasteiger partial charge in [0.25, 0.3) is 0 Å². The Kier molecular flexibility index (Phi) is 4.34. The Bertz CT molecular complexity index is 749. The van der Waals surface area contributed by atoms with Gasteiger partial charge in [0.05, 0.1) is 5.69 Å². The number of ether oxygens (including phenoxy) is 1. The molecule has 1 aromatic carbocycles. The topological polar surface area (TPSA) is 51.5 Å². The molecule has 0 spiro atoms. The Morgan fingerprint density at radius 2 is 2.00 bits per heavy atom. The molecule has 3 rings (SSSR count). The number of hydrogen-bond acceptors (Lipinski definition) is 4. The van der Waals surface area contributed by atoms with Crippen LogP contribution in [0, 0.1) is 6.92 Å². The maximum absolute atomic E-state index is 5.04. The van der Waals surface area contributed by atoms with E-state index in [2.05, 4.69) is 46.6 Å². The van der Waals surface area contributed by atoms with E-state index in [0.29, 0.717) is 0 Å². The molecule has 3 aromatic rings. The van der Waals surface area contributed by atoms with Crippen LogP contribution in [0.4, 0.5) is 5.82 Å². The number of aromatic nitrogens is 3. The van der Waals surface area contributed by atoms with Gasteiger partial charge in [-0.2, -0.15) is 5.10 Å². The maximum Gasteiger partial charge on any atom is 0.157 e. The van der Waals surface area contributed by atoms with Gasteiger partial charge in [0, 0.05) is 38.1 Å². The molecule has 0 amide bonds. The van der Waals surface area contributed by atoms with E-state index in [-0.39, 0.29) is 0 Å². The zero-order valence-corrected chi connectivity index (χ0v) is 12.9. The molecular weight excluding hydrogens is 276 g/mol. The fourth-order valence-electron chi connectivity index (χ4n) is 2.28. The van der Waals surface area contributed by atoms with Crippen LogP contribution in [0.5, 0.6) is 0 Å². The molecule has 0 bridgehead atoms. The van der Waals surface area contributed by atoms with Gasteiger partial charge in [-0.1, -0.05) is 29.8 Å². The second kappa shape index (κ2) is 6.58. The SMILES string of the molecule is COCCCNc1ccn2nc(-c3ccc(C)cc3)cc2n1. The number of nitrogens with zero attached hydrogens (tertiary/aromatic N) is 3. The monoisotopic (exact) mass is 296 g/mol. The largest absolute Gasteiger partial charge is 0.385 e. The van der Waals surface area contributed by atoms with Crippen LogP contribution in [0.2, 0.25) is 0 Å². The molecule has 0 aliphatic rings. The van der Waals surface area contributed by atoms with Crippen LogP contribution in [0.15, 0.2) is 42.6 Å². The molecule has 2 aromatic heterocycles. The van der Waals surface area contributed by atoms with Crippen LogP contribution in [-0.2, 0) is 4.74 Å². The van der Waals surface area contributed by atoms with Gasteiger partial charge < -0.3 is 10.1 Å². The van der Waals surface area contributed by atoms with Gasteiger partial charge in [0.15, 0.2) is 5.65 Å². The Morgan fingerprint density at radius 1 is 1.18 bits per heavy atom. The summed E-state index contributed by atoms with van der Waals surface area (Å²) < 4.78 is 6.84. The number of aryl methyl sites for hydroxylation is 1. The Morgan fingerprint density at radius 3 is 2.77 bits per heavy atom. The fraction of sp³-hybridized carbons (Fsp3) is 0.294. The molecule has 0 unspecified atom stereocenters. The molecule has 0 atom stereocenters. The molecule has 0 fully saturated rings. The molecule has 0 radical (unpaired) electrons. The molecule has 0 saturated heterocycles. The summed E-state index contributed by atoms with van der Waals surface area (Å²) in [6.07, 6.45) is 2.88. The first-order chi connectivity index (χ1) is 10.8. The van der Waals surface area contributed by atoms with Gasteiger partial charge in [0.2, 0.25) is 0 Å². The number of anilines is 1. The lowest BCUT2D eigenvalue weighted by molar-refractivity contribution is 0.198. The molecule has 0 saturated carbocycles. The highest BCUT2D eigenvalue weighted by molar-refractivity contribution is 5.65. The van der Waals surface area contributed by atoms with Crippen molar-refractivity contribution in [3.8, 4) is 11.3 Å². The van der Waals surface area contributed by atoms with Crippen molar-refractivity contribution < 1.29 is 4.74 Å². The van der Waals surface area contributed by atoms with Crippen LogP contribution in [0.1, 0.15) is 12.0 Å². The van der Waals surface area contributed by atoms with E-state index in [1.165, 1.54) is 5.56 Å². The molecule has 114 valence electrons. The van der Waals surface area contributed by atoms with E-state index in [1.54, 1.807) is 11.6 Å². The summed E-state index contributed by atoms with van der Waals surface area (Å²) in [6.45, 7) is 3.67. The van der Waals surface area contributed by atoms with Gasteiger partial charge in [0.1, 0.15) is 5.82 Å². The first-order valence-corrected chi connectivity index (χ1v) is 7.42. The van der Waals surface area contributed by atoms with Crippen molar-refractivity contribution >= 4 is 11.5 Å². The van der Waals surface area contributed by atoms with Crippen LogP contribution < -0.4 is 5.32 Å². The van der Waals surface area contributed by atoms with Crippen molar-refractivity contribution in [1.29, 1.82) is 0 Å². The van der Waals surface area contributed by atoms with Gasteiger partial charge in [-0.3, -0.25) is 0 Å². The Hall–Kier alpha value is -2.40. The molecule has 22 heavy (non-hydrogen) atoms. The molecule has 5 nitrogen and oxygen atoms in total.